The van der Waals surface area contributed by atoms with Crippen LogP contribution >= 0.6 is 0 Å². The number of amides is 2. The molecule has 1 atom stereocenters. The minimum absolute atomic E-state index is 0.0431. The smallest absolute Gasteiger partial charge is 0.318 e. The van der Waals surface area contributed by atoms with E-state index in [9.17, 15) is 4.79 Å². The zero-order valence-corrected chi connectivity index (χ0v) is 14.3. The Morgan fingerprint density at radius 3 is 3.00 bits per heavy atom. The van der Waals surface area contributed by atoms with Crippen molar-refractivity contribution >= 4 is 6.03 Å². The van der Waals surface area contributed by atoms with Crippen molar-refractivity contribution in [3.05, 3.63) is 46.8 Å². The van der Waals surface area contributed by atoms with Crippen molar-refractivity contribution in [3.8, 4) is 5.75 Å². The highest BCUT2D eigenvalue weighted by Gasteiger charge is 2.33. The van der Waals surface area contributed by atoms with Crippen LogP contribution in [-0.2, 0) is 6.54 Å². The number of ether oxygens (including phenoxy) is 1. The fourth-order valence-electron chi connectivity index (χ4n) is 3.34. The van der Waals surface area contributed by atoms with Gasteiger partial charge in [0.1, 0.15) is 11.5 Å². The molecule has 24 heavy (non-hydrogen) atoms. The molecule has 2 amide bonds. The number of carbonyl (C=O) groups is 1. The zero-order chi connectivity index (χ0) is 17.1. The molecule has 128 valence electrons. The van der Waals surface area contributed by atoms with Crippen LogP contribution in [0.1, 0.15) is 41.5 Å². The Kier molecular flexibility index (Phi) is 4.74. The van der Waals surface area contributed by atoms with Gasteiger partial charge in [0.15, 0.2) is 0 Å². The van der Waals surface area contributed by atoms with E-state index in [2.05, 4.69) is 10.5 Å². The lowest BCUT2D eigenvalue weighted by molar-refractivity contribution is 0.192. The van der Waals surface area contributed by atoms with Gasteiger partial charge in [-0.15, -0.1) is 0 Å². The molecule has 0 bridgehead atoms. The second-order valence-corrected chi connectivity index (χ2v) is 6.10. The number of rotatable bonds is 4. The number of likely N-dealkylation sites (tertiary alicyclic amines) is 1. The molecule has 6 heteroatoms. The molecule has 1 saturated heterocycles. The van der Waals surface area contributed by atoms with E-state index in [0.29, 0.717) is 6.54 Å². The van der Waals surface area contributed by atoms with Crippen LogP contribution < -0.4 is 10.1 Å². The van der Waals surface area contributed by atoms with Crippen LogP contribution in [0, 0.1) is 13.8 Å². The molecular formula is C18H23N3O3. The van der Waals surface area contributed by atoms with E-state index in [0.717, 1.165) is 47.7 Å². The molecule has 6 nitrogen and oxygen atoms in total. The second-order valence-electron chi connectivity index (χ2n) is 6.10. The fourth-order valence-corrected chi connectivity index (χ4v) is 3.34. The van der Waals surface area contributed by atoms with Crippen LogP contribution in [0.4, 0.5) is 4.79 Å². The van der Waals surface area contributed by atoms with Gasteiger partial charge < -0.3 is 19.5 Å². The summed E-state index contributed by atoms with van der Waals surface area (Å²) < 4.78 is 10.5. The standard InChI is InChI=1S/C18H23N3O3/c1-12-17(13(2)24-20-12)16-8-5-9-21(16)18(22)19-11-14-6-4-7-15(10-14)23-3/h4,6-7,10,16H,5,8-9,11H2,1-3H3,(H,19,22)/t16-/m0/s1. The molecule has 3 rings (SSSR count). The number of urea groups is 1. The second kappa shape index (κ2) is 6.95. The zero-order valence-electron chi connectivity index (χ0n) is 14.3. The maximum absolute atomic E-state index is 12.6. The highest BCUT2D eigenvalue weighted by Crippen LogP contribution is 2.35. The Bertz CT molecular complexity index is 707. The van der Waals surface area contributed by atoms with Crippen molar-refractivity contribution < 1.29 is 14.1 Å². The number of aromatic nitrogens is 1. The summed E-state index contributed by atoms with van der Waals surface area (Å²) >= 11 is 0. The van der Waals surface area contributed by atoms with Crippen molar-refractivity contribution in [1.82, 2.24) is 15.4 Å². The third kappa shape index (κ3) is 3.22. The average molecular weight is 329 g/mol. The van der Waals surface area contributed by atoms with Crippen LogP contribution in [0.3, 0.4) is 0 Å². The number of nitrogens with one attached hydrogen (secondary N) is 1. The average Bonchev–Trinajstić information content (AvgIpc) is 3.19. The Balaban J connectivity index is 1.68. The molecule has 0 spiro atoms. The summed E-state index contributed by atoms with van der Waals surface area (Å²) in [5.74, 6) is 1.58. The molecular weight excluding hydrogens is 306 g/mol. The molecule has 0 radical (unpaired) electrons. The molecule has 0 unspecified atom stereocenters. The molecule has 1 aliphatic rings. The first-order valence-corrected chi connectivity index (χ1v) is 8.20. The minimum atomic E-state index is -0.0553. The van der Waals surface area contributed by atoms with Gasteiger partial charge in [-0.1, -0.05) is 17.3 Å². The van der Waals surface area contributed by atoms with Gasteiger partial charge in [0.2, 0.25) is 0 Å². The summed E-state index contributed by atoms with van der Waals surface area (Å²) in [6, 6.07) is 7.69. The predicted molar refractivity (Wildman–Crippen MR) is 89.9 cm³/mol. The summed E-state index contributed by atoms with van der Waals surface area (Å²) in [6.07, 6.45) is 1.93. The normalized spacial score (nSPS) is 17.1. The number of hydrogen-bond acceptors (Lipinski definition) is 4. The van der Waals surface area contributed by atoms with E-state index in [1.807, 2.05) is 43.0 Å². The molecule has 1 N–H and O–H groups in total. The lowest BCUT2D eigenvalue weighted by atomic mass is 10.0. The topological polar surface area (TPSA) is 67.6 Å². The number of methoxy groups -OCH3 is 1. The van der Waals surface area contributed by atoms with Gasteiger partial charge in [0.25, 0.3) is 0 Å². The summed E-state index contributed by atoms with van der Waals surface area (Å²) in [5, 5.41) is 7.02. The van der Waals surface area contributed by atoms with Gasteiger partial charge in [-0.3, -0.25) is 0 Å². The van der Waals surface area contributed by atoms with Crippen LogP contribution in [0.25, 0.3) is 0 Å². The molecule has 2 aromatic rings. The Morgan fingerprint density at radius 1 is 1.46 bits per heavy atom. The largest absolute Gasteiger partial charge is 0.497 e. The SMILES string of the molecule is COc1cccc(CNC(=O)N2CCC[C@H]2c2c(C)noc2C)c1. The van der Waals surface area contributed by atoms with Crippen molar-refractivity contribution in [1.29, 1.82) is 0 Å². The third-order valence-electron chi connectivity index (χ3n) is 4.51. The van der Waals surface area contributed by atoms with Gasteiger partial charge in [-0.25, -0.2) is 4.79 Å². The maximum atomic E-state index is 12.6. The van der Waals surface area contributed by atoms with E-state index in [4.69, 9.17) is 9.26 Å². The van der Waals surface area contributed by atoms with Crippen LogP contribution in [0.5, 0.6) is 5.75 Å². The Labute approximate surface area is 141 Å². The molecule has 1 aliphatic heterocycles. The molecule has 1 aromatic carbocycles. The van der Waals surface area contributed by atoms with Crippen LogP contribution in [0.15, 0.2) is 28.8 Å². The van der Waals surface area contributed by atoms with Crippen molar-refractivity contribution in [2.75, 3.05) is 13.7 Å². The van der Waals surface area contributed by atoms with Crippen molar-refractivity contribution in [2.45, 2.75) is 39.3 Å². The Morgan fingerprint density at radius 2 is 2.29 bits per heavy atom. The van der Waals surface area contributed by atoms with Gasteiger partial charge in [0.05, 0.1) is 18.8 Å². The third-order valence-corrected chi connectivity index (χ3v) is 4.51. The first-order chi connectivity index (χ1) is 11.6. The molecule has 0 aliphatic carbocycles. The molecule has 1 fully saturated rings. The van der Waals surface area contributed by atoms with E-state index in [-0.39, 0.29) is 12.1 Å². The number of hydrogen-bond donors (Lipinski definition) is 1. The monoisotopic (exact) mass is 329 g/mol. The predicted octanol–water partition coefficient (Wildman–Crippen LogP) is 3.35. The first kappa shape index (κ1) is 16.4. The first-order valence-electron chi connectivity index (χ1n) is 8.20. The van der Waals surface area contributed by atoms with E-state index >= 15 is 0 Å². The highest BCUT2D eigenvalue weighted by atomic mass is 16.5. The van der Waals surface area contributed by atoms with Gasteiger partial charge in [0, 0.05) is 18.7 Å². The molecule has 2 heterocycles. The summed E-state index contributed by atoms with van der Waals surface area (Å²) in [4.78, 5) is 14.5. The summed E-state index contributed by atoms with van der Waals surface area (Å²) in [6.45, 7) is 5.05. The lowest BCUT2D eigenvalue weighted by Gasteiger charge is -2.25. The summed E-state index contributed by atoms with van der Waals surface area (Å²) in [7, 11) is 1.64. The fraction of sp³-hybridized carbons (Fsp3) is 0.444. The molecule has 1 aromatic heterocycles. The Hall–Kier alpha value is -2.50. The maximum Gasteiger partial charge on any atom is 0.318 e. The van der Waals surface area contributed by atoms with Gasteiger partial charge >= 0.3 is 6.03 Å². The van der Waals surface area contributed by atoms with Crippen LogP contribution in [0.2, 0.25) is 0 Å². The lowest BCUT2D eigenvalue weighted by Crippen LogP contribution is -2.39. The highest BCUT2D eigenvalue weighted by molar-refractivity contribution is 5.75. The number of benzene rings is 1. The van der Waals surface area contributed by atoms with E-state index in [1.54, 1.807) is 7.11 Å². The van der Waals surface area contributed by atoms with Crippen molar-refractivity contribution in [3.63, 3.8) is 0 Å². The van der Waals surface area contributed by atoms with E-state index < -0.39 is 0 Å². The van der Waals surface area contributed by atoms with Crippen LogP contribution in [-0.4, -0.2) is 29.7 Å². The minimum Gasteiger partial charge on any atom is -0.497 e. The van der Waals surface area contributed by atoms with Gasteiger partial charge in [-0.05, 0) is 44.4 Å². The number of aryl methyl sites for hydroxylation is 2. The number of carbonyl (C=O) groups excluding carboxylic acids is 1. The molecule has 0 saturated carbocycles. The van der Waals surface area contributed by atoms with Gasteiger partial charge in [-0.2, -0.15) is 0 Å². The van der Waals surface area contributed by atoms with E-state index in [1.165, 1.54) is 0 Å². The van der Waals surface area contributed by atoms with Crippen molar-refractivity contribution in [2.24, 2.45) is 0 Å². The number of nitrogens with zero attached hydrogens (tertiary/aromatic N) is 2. The quantitative estimate of drug-likeness (QED) is 0.934. The summed E-state index contributed by atoms with van der Waals surface area (Å²) in [5.41, 5.74) is 2.92.